The average molecular weight is 706 g/mol. The van der Waals surface area contributed by atoms with Crippen molar-refractivity contribution >= 4 is 6.21 Å². The van der Waals surface area contributed by atoms with Crippen LogP contribution in [0.4, 0.5) is 17.6 Å². The number of halogens is 4. The number of rotatable bonds is 5. The Balaban J connectivity index is 0.000000206. The zero-order valence-electron chi connectivity index (χ0n) is 20.4. The van der Waals surface area contributed by atoms with Gasteiger partial charge in [-0.1, -0.05) is 65.7 Å². The summed E-state index contributed by atoms with van der Waals surface area (Å²) >= 11 is 0. The zero-order valence-corrected chi connectivity index (χ0v) is 22.8. The molecule has 201 valence electrons. The molecule has 0 bridgehead atoms. The van der Waals surface area contributed by atoms with Crippen molar-refractivity contribution in [2.24, 2.45) is 4.99 Å². The van der Waals surface area contributed by atoms with Crippen LogP contribution in [0.5, 0.6) is 0 Å². The molecule has 5 aromatic rings. The van der Waals surface area contributed by atoms with Crippen LogP contribution in [0.3, 0.4) is 0 Å². The van der Waals surface area contributed by atoms with Gasteiger partial charge in [-0.15, -0.1) is 36.5 Å². The van der Waals surface area contributed by atoms with Crippen molar-refractivity contribution in [3.05, 3.63) is 145 Å². The Hall–Kier alpha value is -4.20. The number of nitrogens with zero attached hydrogens (tertiary/aromatic N) is 4. The minimum atomic E-state index is -0.649. The largest absolute Gasteiger partial charge is 0.663 e. The third kappa shape index (κ3) is 10.2. The van der Waals surface area contributed by atoms with Crippen LogP contribution in [-0.2, 0) is 20.1 Å². The van der Waals surface area contributed by atoms with Crippen molar-refractivity contribution in [1.82, 2.24) is 15.0 Å². The maximum absolute atomic E-state index is 13.2. The van der Waals surface area contributed by atoms with Crippen molar-refractivity contribution in [3.63, 3.8) is 0 Å². The van der Waals surface area contributed by atoms with Gasteiger partial charge in [0.1, 0.15) is 0 Å². The normalized spacial score (nSPS) is 9.95. The summed E-state index contributed by atoms with van der Waals surface area (Å²) in [5.74, 6) is -2.57. The number of benzene rings is 2. The first-order valence-electron chi connectivity index (χ1n) is 11.2. The van der Waals surface area contributed by atoms with E-state index in [0.29, 0.717) is 17.9 Å². The number of pyridine rings is 2. The Labute approximate surface area is 237 Å². The van der Waals surface area contributed by atoms with Gasteiger partial charge in [0.05, 0.1) is 6.54 Å². The molecule has 0 amide bonds. The maximum Gasteiger partial charge on any atom is 0.0567 e. The molecule has 2 aromatic carbocycles. The smallest absolute Gasteiger partial charge is 0.0567 e. The fraction of sp³-hybridized carbons (Fsp3) is 0.0333. The van der Waals surface area contributed by atoms with Gasteiger partial charge in [0.25, 0.3) is 0 Å². The minimum Gasteiger partial charge on any atom is -0.663 e. The standard InChI is InChI=1S/2C11H6F2N.C8H9N2.Ir/c2*12-8-4-5-9(10(13)7-8)11-3-1-2-6-14-11;1-2-5-9-7-8-4-3-6-10-8;/h2*1-4,6-7H;2-4,6-7H,1,5H2;/q3*-1;. The molecule has 0 aliphatic carbocycles. The second-order valence-corrected chi connectivity index (χ2v) is 7.36. The summed E-state index contributed by atoms with van der Waals surface area (Å²) in [6, 6.07) is 22.8. The molecule has 0 atom stereocenters. The molecule has 5 rings (SSSR count). The van der Waals surface area contributed by atoms with E-state index in [0.717, 1.165) is 30.0 Å². The summed E-state index contributed by atoms with van der Waals surface area (Å²) in [6.07, 6.45) is 8.33. The molecule has 1 radical (unpaired) electrons. The van der Waals surface area contributed by atoms with Crippen molar-refractivity contribution in [2.75, 3.05) is 6.54 Å². The van der Waals surface area contributed by atoms with E-state index in [1.807, 2.05) is 12.1 Å². The SMILES string of the molecule is C=CCN=Cc1ccc[n-]1.Fc1c[c-]c(-c2ccccn2)c(F)c1.Fc1c[c-]c(-c2ccccn2)c(F)c1.[Ir]. The molecule has 3 aromatic heterocycles. The van der Waals surface area contributed by atoms with Gasteiger partial charge in [0.2, 0.25) is 0 Å². The van der Waals surface area contributed by atoms with E-state index in [1.54, 1.807) is 67.3 Å². The molecule has 0 unspecified atom stereocenters. The van der Waals surface area contributed by atoms with Crippen LogP contribution in [0.2, 0.25) is 0 Å². The van der Waals surface area contributed by atoms with Crippen LogP contribution in [-0.4, -0.2) is 22.7 Å². The fourth-order valence-electron chi connectivity index (χ4n) is 2.91. The third-order valence-corrected chi connectivity index (χ3v) is 4.59. The van der Waals surface area contributed by atoms with Gasteiger partial charge in [0, 0.05) is 62.0 Å². The van der Waals surface area contributed by atoms with Crippen LogP contribution in [0.15, 0.2) is 109 Å². The Kier molecular flexibility index (Phi) is 13.2. The van der Waals surface area contributed by atoms with Crippen LogP contribution >= 0.6 is 0 Å². The van der Waals surface area contributed by atoms with E-state index in [1.165, 1.54) is 0 Å². The van der Waals surface area contributed by atoms with E-state index < -0.39 is 23.3 Å². The number of aliphatic imine (C=N–C) groups is 1. The molecule has 4 nitrogen and oxygen atoms in total. The molecule has 0 aliphatic rings. The first kappa shape index (κ1) is 31.0. The number of hydrogen-bond acceptors (Lipinski definition) is 3. The fourth-order valence-corrected chi connectivity index (χ4v) is 2.91. The van der Waals surface area contributed by atoms with Crippen LogP contribution in [0.1, 0.15) is 5.69 Å². The Bertz CT molecular complexity index is 1360. The number of aromatic nitrogens is 3. The summed E-state index contributed by atoms with van der Waals surface area (Å²) in [5.41, 5.74) is 2.18. The first-order chi connectivity index (χ1) is 18.5. The van der Waals surface area contributed by atoms with E-state index in [2.05, 4.69) is 38.7 Å². The quantitative estimate of drug-likeness (QED) is 0.0866. The monoisotopic (exact) mass is 706 g/mol. The third-order valence-electron chi connectivity index (χ3n) is 4.59. The van der Waals surface area contributed by atoms with E-state index in [4.69, 9.17) is 0 Å². The molecule has 0 spiro atoms. The molecule has 0 saturated heterocycles. The van der Waals surface area contributed by atoms with Gasteiger partial charge in [0.15, 0.2) is 0 Å². The van der Waals surface area contributed by atoms with Gasteiger partial charge in [-0.2, -0.15) is 6.20 Å². The minimum absolute atomic E-state index is 0. The van der Waals surface area contributed by atoms with Crippen molar-refractivity contribution in [3.8, 4) is 22.5 Å². The van der Waals surface area contributed by atoms with Crippen molar-refractivity contribution in [2.45, 2.75) is 0 Å². The Morgan fingerprint density at radius 1 is 0.795 bits per heavy atom. The van der Waals surface area contributed by atoms with Gasteiger partial charge in [-0.25, -0.2) is 0 Å². The van der Waals surface area contributed by atoms with Crippen LogP contribution < -0.4 is 4.98 Å². The molecule has 9 heteroatoms. The topological polar surface area (TPSA) is 52.2 Å². The molecule has 0 saturated carbocycles. The van der Waals surface area contributed by atoms with E-state index in [-0.39, 0.29) is 31.2 Å². The van der Waals surface area contributed by atoms with Crippen LogP contribution in [0.25, 0.3) is 22.5 Å². The van der Waals surface area contributed by atoms with Crippen LogP contribution in [0, 0.1) is 35.4 Å². The number of hydrogen-bond donors (Lipinski definition) is 0. The maximum atomic E-state index is 13.2. The van der Waals surface area contributed by atoms with Gasteiger partial charge in [-0.3, -0.25) is 22.6 Å². The summed E-state index contributed by atoms with van der Waals surface area (Å²) in [4.78, 5) is 15.9. The molecule has 0 fully saturated rings. The van der Waals surface area contributed by atoms with Gasteiger partial charge >= 0.3 is 0 Å². The predicted molar refractivity (Wildman–Crippen MR) is 139 cm³/mol. The summed E-state index contributed by atoms with van der Waals surface area (Å²) in [7, 11) is 0. The first-order valence-corrected chi connectivity index (χ1v) is 11.2. The van der Waals surface area contributed by atoms with Crippen molar-refractivity contribution in [1.29, 1.82) is 0 Å². The summed E-state index contributed by atoms with van der Waals surface area (Å²) < 4.78 is 51.6. The molecule has 3 heterocycles. The predicted octanol–water partition coefficient (Wildman–Crippen LogP) is 6.90. The second-order valence-electron chi connectivity index (χ2n) is 7.36. The second kappa shape index (κ2) is 16.6. The summed E-state index contributed by atoms with van der Waals surface area (Å²) in [5, 5.41) is 0. The Morgan fingerprint density at radius 2 is 1.33 bits per heavy atom. The molecular weight excluding hydrogens is 685 g/mol. The molecule has 0 N–H and O–H groups in total. The van der Waals surface area contributed by atoms with E-state index >= 15 is 0 Å². The van der Waals surface area contributed by atoms with Gasteiger partial charge < -0.3 is 15.0 Å². The van der Waals surface area contributed by atoms with E-state index in [9.17, 15) is 17.6 Å². The molecule has 39 heavy (non-hydrogen) atoms. The zero-order chi connectivity index (χ0) is 27.2. The van der Waals surface area contributed by atoms with Crippen molar-refractivity contribution < 1.29 is 37.7 Å². The summed E-state index contributed by atoms with van der Waals surface area (Å²) in [6.45, 7) is 4.20. The molecular formula is C30H21F4IrN4-3. The average Bonchev–Trinajstić information content (AvgIpc) is 3.44. The van der Waals surface area contributed by atoms with Gasteiger partial charge in [-0.05, 0) is 23.5 Å². The molecule has 0 aliphatic heterocycles. The Morgan fingerprint density at radius 3 is 1.72 bits per heavy atom.